The molecule has 6 nitrogen and oxygen atoms in total. The molecule has 0 atom stereocenters. The molecule has 0 aliphatic rings. The van der Waals surface area contributed by atoms with Crippen molar-refractivity contribution in [3.8, 4) is 16.5 Å². The summed E-state index contributed by atoms with van der Waals surface area (Å²) in [5, 5.41) is 17.1. The fraction of sp³-hybridized carbons (Fsp3) is 0.286. The van der Waals surface area contributed by atoms with Gasteiger partial charge in [0.15, 0.2) is 11.6 Å². The summed E-state index contributed by atoms with van der Waals surface area (Å²) in [6.45, 7) is 4.07. The molecule has 0 bridgehead atoms. The molecule has 0 amide bonds. The molecule has 0 saturated heterocycles. The molecule has 0 aliphatic carbocycles. The lowest BCUT2D eigenvalue weighted by atomic mass is 10.1. The minimum Gasteiger partial charge on any atom is -0.496 e. The van der Waals surface area contributed by atoms with E-state index in [0.717, 1.165) is 34.0 Å². The number of aryl methyl sites for hydroxylation is 1. The normalized spacial score (nSPS) is 10.6. The number of aromatic nitrogens is 2. The van der Waals surface area contributed by atoms with Gasteiger partial charge >= 0.3 is 0 Å². The van der Waals surface area contributed by atoms with Crippen molar-refractivity contribution in [3.05, 3.63) is 47.0 Å². The number of methoxy groups -OCH3 is 1. The van der Waals surface area contributed by atoms with E-state index < -0.39 is 0 Å². The molecule has 0 spiro atoms. The SMILES string of the molecule is CCCC(=N)c1nc(-c2cccs2)nc(Nc2ccc(OC)c(C)c2)c1NC. The number of nitrogens with one attached hydrogen (secondary N) is 3. The Bertz CT molecular complexity index is 969. The van der Waals surface area contributed by atoms with Crippen molar-refractivity contribution in [1.82, 2.24) is 9.97 Å². The van der Waals surface area contributed by atoms with Crippen molar-refractivity contribution in [2.75, 3.05) is 24.8 Å². The fourth-order valence-corrected chi connectivity index (χ4v) is 3.64. The summed E-state index contributed by atoms with van der Waals surface area (Å²) in [5.74, 6) is 2.12. The Hall–Kier alpha value is -2.93. The van der Waals surface area contributed by atoms with Gasteiger partial charge in [-0.05, 0) is 48.6 Å². The molecule has 3 rings (SSSR count). The number of ether oxygens (including phenoxy) is 1. The van der Waals surface area contributed by atoms with Gasteiger partial charge < -0.3 is 20.8 Å². The van der Waals surface area contributed by atoms with Gasteiger partial charge in [-0.3, -0.25) is 0 Å². The Morgan fingerprint density at radius 1 is 1.25 bits per heavy atom. The van der Waals surface area contributed by atoms with Gasteiger partial charge in [0, 0.05) is 12.7 Å². The van der Waals surface area contributed by atoms with Crippen LogP contribution in [-0.2, 0) is 0 Å². The second kappa shape index (κ2) is 8.84. The first-order valence-corrected chi connectivity index (χ1v) is 10.1. The zero-order valence-corrected chi connectivity index (χ0v) is 17.4. The van der Waals surface area contributed by atoms with Crippen molar-refractivity contribution in [2.24, 2.45) is 0 Å². The van der Waals surface area contributed by atoms with Crippen LogP contribution in [0, 0.1) is 12.3 Å². The maximum atomic E-state index is 8.49. The van der Waals surface area contributed by atoms with Crippen molar-refractivity contribution in [1.29, 1.82) is 5.41 Å². The number of thiophene rings is 1. The summed E-state index contributed by atoms with van der Waals surface area (Å²) in [6, 6.07) is 9.87. The van der Waals surface area contributed by atoms with E-state index in [1.807, 2.05) is 49.7 Å². The number of anilines is 3. The van der Waals surface area contributed by atoms with Crippen molar-refractivity contribution >= 4 is 34.2 Å². The molecule has 0 unspecified atom stereocenters. The van der Waals surface area contributed by atoms with E-state index in [4.69, 9.17) is 20.1 Å². The molecular formula is C21H25N5OS. The highest BCUT2D eigenvalue weighted by molar-refractivity contribution is 7.13. The van der Waals surface area contributed by atoms with Gasteiger partial charge in [0.2, 0.25) is 0 Å². The minimum atomic E-state index is 0.501. The molecule has 146 valence electrons. The summed E-state index contributed by atoms with van der Waals surface area (Å²) >= 11 is 1.59. The lowest BCUT2D eigenvalue weighted by Gasteiger charge is -2.17. The van der Waals surface area contributed by atoms with E-state index in [-0.39, 0.29) is 0 Å². The Labute approximate surface area is 169 Å². The highest BCUT2D eigenvalue weighted by Gasteiger charge is 2.18. The fourth-order valence-electron chi connectivity index (χ4n) is 2.98. The van der Waals surface area contributed by atoms with Gasteiger partial charge in [0.05, 0.1) is 17.7 Å². The summed E-state index contributed by atoms with van der Waals surface area (Å²) in [7, 11) is 3.49. The van der Waals surface area contributed by atoms with Crippen LogP contribution < -0.4 is 15.4 Å². The van der Waals surface area contributed by atoms with Crippen LogP contribution in [0.15, 0.2) is 35.7 Å². The first-order valence-electron chi connectivity index (χ1n) is 9.20. The lowest BCUT2D eigenvalue weighted by Crippen LogP contribution is -2.12. The van der Waals surface area contributed by atoms with Gasteiger partial charge in [-0.25, -0.2) is 9.97 Å². The first kappa shape index (κ1) is 19.8. The monoisotopic (exact) mass is 395 g/mol. The van der Waals surface area contributed by atoms with Crippen LogP contribution >= 0.6 is 11.3 Å². The largest absolute Gasteiger partial charge is 0.496 e. The molecule has 0 radical (unpaired) electrons. The standard InChI is InChI=1S/C21H25N5OS/c1-5-7-15(22)18-19(23-3)21(26-20(25-18)17-8-6-11-28-17)24-14-9-10-16(27-4)13(2)12-14/h6,8-12,22-23H,5,7H2,1-4H3,(H,24,25,26). The van der Waals surface area contributed by atoms with E-state index >= 15 is 0 Å². The van der Waals surface area contributed by atoms with Gasteiger partial charge in [0.1, 0.15) is 17.1 Å². The average Bonchev–Trinajstić information content (AvgIpc) is 3.22. The molecule has 2 aromatic heterocycles. The lowest BCUT2D eigenvalue weighted by molar-refractivity contribution is 0.412. The highest BCUT2D eigenvalue weighted by atomic mass is 32.1. The molecular weight excluding hydrogens is 370 g/mol. The van der Waals surface area contributed by atoms with Crippen LogP contribution in [0.5, 0.6) is 5.75 Å². The van der Waals surface area contributed by atoms with Crippen molar-refractivity contribution < 1.29 is 4.74 Å². The van der Waals surface area contributed by atoms with Gasteiger partial charge in [-0.1, -0.05) is 19.4 Å². The van der Waals surface area contributed by atoms with E-state index in [1.54, 1.807) is 18.4 Å². The quantitative estimate of drug-likeness (QED) is 0.440. The van der Waals surface area contributed by atoms with Crippen LogP contribution in [0.2, 0.25) is 0 Å². The van der Waals surface area contributed by atoms with Crippen LogP contribution in [-0.4, -0.2) is 29.8 Å². The zero-order valence-electron chi connectivity index (χ0n) is 16.6. The summed E-state index contributed by atoms with van der Waals surface area (Å²) < 4.78 is 5.35. The number of rotatable bonds is 8. The second-order valence-electron chi connectivity index (χ2n) is 6.38. The van der Waals surface area contributed by atoms with Gasteiger partial charge in [0.25, 0.3) is 0 Å². The van der Waals surface area contributed by atoms with Crippen LogP contribution in [0.1, 0.15) is 31.0 Å². The zero-order chi connectivity index (χ0) is 20.1. The topological polar surface area (TPSA) is 82.9 Å². The summed E-state index contributed by atoms with van der Waals surface area (Å²) in [5.41, 5.74) is 3.80. The predicted octanol–water partition coefficient (Wildman–Crippen LogP) is 5.48. The van der Waals surface area contributed by atoms with Crippen LogP contribution in [0.4, 0.5) is 17.2 Å². The smallest absolute Gasteiger partial charge is 0.172 e. The van der Waals surface area contributed by atoms with Gasteiger partial charge in [-0.15, -0.1) is 11.3 Å². The highest BCUT2D eigenvalue weighted by Crippen LogP contribution is 2.32. The van der Waals surface area contributed by atoms with Gasteiger partial charge in [-0.2, -0.15) is 0 Å². The van der Waals surface area contributed by atoms with E-state index in [9.17, 15) is 0 Å². The summed E-state index contributed by atoms with van der Waals surface area (Å²) in [6.07, 6.45) is 1.55. The molecule has 2 heterocycles. The Morgan fingerprint density at radius 2 is 2.07 bits per heavy atom. The molecule has 0 saturated carbocycles. The molecule has 3 N–H and O–H groups in total. The van der Waals surface area contributed by atoms with Crippen LogP contribution in [0.3, 0.4) is 0 Å². The minimum absolute atomic E-state index is 0.501. The molecule has 7 heteroatoms. The van der Waals surface area contributed by atoms with Crippen molar-refractivity contribution in [2.45, 2.75) is 26.7 Å². The first-order chi connectivity index (χ1) is 13.6. The third-order valence-corrected chi connectivity index (χ3v) is 5.21. The summed E-state index contributed by atoms with van der Waals surface area (Å²) in [4.78, 5) is 10.4. The third-order valence-electron chi connectivity index (χ3n) is 4.34. The van der Waals surface area contributed by atoms with E-state index in [0.29, 0.717) is 29.5 Å². The maximum absolute atomic E-state index is 8.49. The number of benzene rings is 1. The average molecular weight is 396 g/mol. The number of nitrogens with zero attached hydrogens (tertiary/aromatic N) is 2. The molecule has 0 fully saturated rings. The maximum Gasteiger partial charge on any atom is 0.172 e. The molecule has 1 aromatic carbocycles. The predicted molar refractivity (Wildman–Crippen MR) is 118 cm³/mol. The number of hydrogen-bond donors (Lipinski definition) is 3. The van der Waals surface area contributed by atoms with E-state index in [1.165, 1.54) is 0 Å². The van der Waals surface area contributed by atoms with E-state index in [2.05, 4.69) is 17.6 Å². The molecule has 28 heavy (non-hydrogen) atoms. The molecule has 3 aromatic rings. The second-order valence-corrected chi connectivity index (χ2v) is 7.33. The van der Waals surface area contributed by atoms with Crippen LogP contribution in [0.25, 0.3) is 10.7 Å². The Morgan fingerprint density at radius 3 is 2.68 bits per heavy atom. The van der Waals surface area contributed by atoms with Crippen molar-refractivity contribution in [3.63, 3.8) is 0 Å². The molecule has 0 aliphatic heterocycles. The third kappa shape index (κ3) is 4.14. The Kier molecular flexibility index (Phi) is 6.26. The Balaban J connectivity index is 2.09. The number of hydrogen-bond acceptors (Lipinski definition) is 7.